The molecule has 0 bridgehead atoms. The fourth-order valence-electron chi connectivity index (χ4n) is 2.36. The van der Waals surface area contributed by atoms with Crippen LogP contribution in [0.2, 0.25) is 0 Å². The molecule has 3 rings (SSSR count). The molecule has 1 amide bonds. The maximum Gasteiger partial charge on any atom is 0.257 e. The number of carbonyl (C=O) groups excluding carboxylic acids is 1. The van der Waals surface area contributed by atoms with Crippen LogP contribution in [0.25, 0.3) is 11.5 Å². The van der Waals surface area contributed by atoms with Crippen molar-refractivity contribution in [3.63, 3.8) is 0 Å². The first kappa shape index (κ1) is 16.9. The van der Waals surface area contributed by atoms with Gasteiger partial charge in [-0.3, -0.25) is 4.79 Å². The highest BCUT2D eigenvalue weighted by Gasteiger charge is 2.10. The van der Waals surface area contributed by atoms with E-state index in [0.29, 0.717) is 29.6 Å². The molecule has 0 aliphatic rings. The van der Waals surface area contributed by atoms with Crippen LogP contribution in [0.15, 0.2) is 45.5 Å². The van der Waals surface area contributed by atoms with E-state index < -0.39 is 0 Å². The van der Waals surface area contributed by atoms with Gasteiger partial charge in [-0.2, -0.15) is 4.98 Å². The molecule has 0 radical (unpaired) electrons. The summed E-state index contributed by atoms with van der Waals surface area (Å²) in [7, 11) is 0. The summed E-state index contributed by atoms with van der Waals surface area (Å²) in [4.78, 5) is 16.3. The highest BCUT2D eigenvalue weighted by molar-refractivity contribution is 5.93. The van der Waals surface area contributed by atoms with Crippen molar-refractivity contribution in [3.8, 4) is 11.5 Å². The van der Waals surface area contributed by atoms with E-state index in [-0.39, 0.29) is 12.5 Å². The summed E-state index contributed by atoms with van der Waals surface area (Å²) in [6.45, 7) is 2.79. The number of aromatic nitrogens is 2. The molecule has 0 atom stereocenters. The molecule has 3 aromatic rings. The third-order valence-corrected chi connectivity index (χ3v) is 3.80. The minimum Gasteiger partial charge on any atom is -0.467 e. The normalized spacial score (nSPS) is 10.8. The number of nitrogens with two attached hydrogens (primary N) is 1. The molecule has 7 nitrogen and oxygen atoms in total. The summed E-state index contributed by atoms with van der Waals surface area (Å²) in [5.41, 5.74) is 7.94. The van der Waals surface area contributed by atoms with Crippen LogP contribution in [-0.4, -0.2) is 22.6 Å². The molecule has 2 heterocycles. The molecule has 0 spiro atoms. The van der Waals surface area contributed by atoms with E-state index in [1.807, 2.05) is 31.2 Å². The van der Waals surface area contributed by atoms with Crippen LogP contribution in [0, 0.1) is 0 Å². The lowest BCUT2D eigenvalue weighted by Crippen LogP contribution is -2.25. The Kier molecular flexibility index (Phi) is 5.25. The number of rotatable bonds is 7. The van der Waals surface area contributed by atoms with Crippen LogP contribution in [0.4, 0.5) is 0 Å². The van der Waals surface area contributed by atoms with Crippen molar-refractivity contribution in [1.29, 1.82) is 0 Å². The number of benzene rings is 1. The topological polar surface area (TPSA) is 107 Å². The van der Waals surface area contributed by atoms with Gasteiger partial charge in [0.15, 0.2) is 5.82 Å². The highest BCUT2D eigenvalue weighted by atomic mass is 16.5. The fourth-order valence-corrected chi connectivity index (χ4v) is 2.36. The molecule has 1 aromatic carbocycles. The molecule has 0 fully saturated rings. The molecule has 130 valence electrons. The minimum absolute atomic E-state index is 0.168. The molecular weight excluding hydrogens is 320 g/mol. The van der Waals surface area contributed by atoms with Crippen LogP contribution < -0.4 is 11.1 Å². The van der Waals surface area contributed by atoms with Crippen LogP contribution in [0.1, 0.15) is 34.4 Å². The van der Waals surface area contributed by atoms with Crippen LogP contribution in [0.3, 0.4) is 0 Å². The van der Waals surface area contributed by atoms with Crippen LogP contribution in [-0.2, 0) is 19.4 Å². The standard InChI is InChI=1S/C18H20N4O3/c1-2-16-21-18(25-22-16)13-5-3-12(4-6-13)7-8-20-17(23)14-9-15(10-19)24-11-14/h3-6,9,11H,2,7-8,10,19H2,1H3,(H,20,23). The Labute approximate surface area is 145 Å². The maximum absolute atomic E-state index is 12.0. The zero-order valence-corrected chi connectivity index (χ0v) is 14.0. The Balaban J connectivity index is 1.52. The molecule has 25 heavy (non-hydrogen) atoms. The lowest BCUT2D eigenvalue weighted by Gasteiger charge is -2.04. The first-order chi connectivity index (χ1) is 12.2. The summed E-state index contributed by atoms with van der Waals surface area (Å²) >= 11 is 0. The van der Waals surface area contributed by atoms with E-state index in [1.54, 1.807) is 6.07 Å². The number of carbonyl (C=O) groups is 1. The van der Waals surface area contributed by atoms with E-state index in [1.165, 1.54) is 6.26 Å². The van der Waals surface area contributed by atoms with Crippen molar-refractivity contribution in [2.24, 2.45) is 5.73 Å². The Morgan fingerprint density at radius 1 is 1.28 bits per heavy atom. The summed E-state index contributed by atoms with van der Waals surface area (Å²) in [6, 6.07) is 9.50. The second-order valence-electron chi connectivity index (χ2n) is 5.58. The molecule has 0 aliphatic carbocycles. The van der Waals surface area contributed by atoms with Crippen LogP contribution >= 0.6 is 0 Å². The predicted octanol–water partition coefficient (Wildman–Crippen LogP) is 2.32. The molecule has 0 unspecified atom stereocenters. The zero-order valence-electron chi connectivity index (χ0n) is 14.0. The van der Waals surface area contributed by atoms with Gasteiger partial charge in [0.25, 0.3) is 11.8 Å². The Bertz CT molecular complexity index is 836. The number of hydrogen-bond donors (Lipinski definition) is 2. The molecule has 7 heteroatoms. The highest BCUT2D eigenvalue weighted by Crippen LogP contribution is 2.18. The van der Waals surface area contributed by atoms with Gasteiger partial charge < -0.3 is 20.0 Å². The number of amides is 1. The summed E-state index contributed by atoms with van der Waals surface area (Å²) < 4.78 is 10.4. The predicted molar refractivity (Wildman–Crippen MR) is 91.7 cm³/mol. The molecule has 0 aliphatic heterocycles. The summed E-state index contributed by atoms with van der Waals surface area (Å²) in [5, 5.41) is 6.75. The van der Waals surface area contributed by atoms with Gasteiger partial charge in [0.2, 0.25) is 0 Å². The van der Waals surface area contributed by atoms with Gasteiger partial charge in [0.05, 0.1) is 12.1 Å². The first-order valence-electron chi connectivity index (χ1n) is 8.17. The monoisotopic (exact) mass is 340 g/mol. The smallest absolute Gasteiger partial charge is 0.257 e. The van der Waals surface area contributed by atoms with Crippen molar-refractivity contribution < 1.29 is 13.7 Å². The molecule has 0 saturated carbocycles. The third kappa shape index (κ3) is 4.13. The minimum atomic E-state index is -0.168. The van der Waals surface area contributed by atoms with Gasteiger partial charge in [0.1, 0.15) is 12.0 Å². The van der Waals surface area contributed by atoms with Crippen LogP contribution in [0.5, 0.6) is 0 Å². The SMILES string of the molecule is CCc1noc(-c2ccc(CCNC(=O)c3coc(CN)c3)cc2)n1. The Morgan fingerprint density at radius 3 is 2.72 bits per heavy atom. The molecule has 3 N–H and O–H groups in total. The van der Waals surface area contributed by atoms with Crippen molar-refractivity contribution >= 4 is 5.91 Å². The van der Waals surface area contributed by atoms with E-state index in [0.717, 1.165) is 24.0 Å². The van der Waals surface area contributed by atoms with Gasteiger partial charge in [-0.25, -0.2) is 0 Å². The number of hydrogen-bond acceptors (Lipinski definition) is 6. The Hall–Kier alpha value is -2.93. The number of furan rings is 1. The van der Waals surface area contributed by atoms with E-state index in [4.69, 9.17) is 14.7 Å². The van der Waals surface area contributed by atoms with Gasteiger partial charge in [0, 0.05) is 18.5 Å². The molecular formula is C18H20N4O3. The summed E-state index contributed by atoms with van der Waals surface area (Å²) in [6.07, 6.45) is 2.88. The first-order valence-corrected chi connectivity index (χ1v) is 8.17. The van der Waals surface area contributed by atoms with Crippen molar-refractivity contribution in [1.82, 2.24) is 15.5 Å². The van der Waals surface area contributed by atoms with Crippen molar-refractivity contribution in [3.05, 3.63) is 59.3 Å². The van der Waals surface area contributed by atoms with Crippen molar-refractivity contribution in [2.75, 3.05) is 6.54 Å². The van der Waals surface area contributed by atoms with E-state index >= 15 is 0 Å². The largest absolute Gasteiger partial charge is 0.467 e. The lowest BCUT2D eigenvalue weighted by molar-refractivity contribution is 0.0953. The van der Waals surface area contributed by atoms with E-state index in [2.05, 4.69) is 15.5 Å². The number of aryl methyl sites for hydroxylation is 1. The summed E-state index contributed by atoms with van der Waals surface area (Å²) in [5.74, 6) is 1.64. The quantitative estimate of drug-likeness (QED) is 0.683. The Morgan fingerprint density at radius 2 is 2.08 bits per heavy atom. The van der Waals surface area contributed by atoms with Gasteiger partial charge >= 0.3 is 0 Å². The number of nitrogens with zero attached hydrogens (tertiary/aromatic N) is 2. The third-order valence-electron chi connectivity index (χ3n) is 3.80. The van der Waals surface area contributed by atoms with Crippen molar-refractivity contribution in [2.45, 2.75) is 26.3 Å². The second-order valence-corrected chi connectivity index (χ2v) is 5.58. The average Bonchev–Trinajstić information content (AvgIpc) is 3.31. The van der Waals surface area contributed by atoms with Gasteiger partial charge in [-0.15, -0.1) is 0 Å². The fraction of sp³-hybridized carbons (Fsp3) is 0.278. The molecule has 2 aromatic heterocycles. The maximum atomic E-state index is 12.0. The van der Waals surface area contributed by atoms with E-state index in [9.17, 15) is 4.79 Å². The second kappa shape index (κ2) is 7.76. The average molecular weight is 340 g/mol. The zero-order chi connectivity index (χ0) is 17.6. The molecule has 0 saturated heterocycles. The number of nitrogens with one attached hydrogen (secondary N) is 1. The van der Waals surface area contributed by atoms with Gasteiger partial charge in [-0.05, 0) is 30.2 Å². The lowest BCUT2D eigenvalue weighted by atomic mass is 10.1. The van der Waals surface area contributed by atoms with Gasteiger partial charge in [-0.1, -0.05) is 24.2 Å².